The minimum atomic E-state index is -2.63. The first kappa shape index (κ1) is 7.62. The summed E-state index contributed by atoms with van der Waals surface area (Å²) in [4.78, 5) is 0. The number of rotatable bonds is 2. The standard InChI is InChI=1S/C5H10O3/c1-2-3-4-5(6,7)8/h3-4,6-8H,2H2,1H3. The quantitative estimate of drug-likeness (QED) is 0.341. The fourth-order valence-corrected chi connectivity index (χ4v) is 0.276. The molecule has 0 aliphatic heterocycles. The van der Waals surface area contributed by atoms with Crippen LogP contribution in [0.1, 0.15) is 13.3 Å². The zero-order chi connectivity index (χ0) is 6.62. The monoisotopic (exact) mass is 118 g/mol. The first-order chi connectivity index (χ1) is 3.56. The molecule has 48 valence electrons. The van der Waals surface area contributed by atoms with E-state index in [1.165, 1.54) is 6.08 Å². The lowest BCUT2D eigenvalue weighted by Gasteiger charge is -2.05. The van der Waals surface area contributed by atoms with Gasteiger partial charge in [-0.25, -0.2) is 0 Å². The lowest BCUT2D eigenvalue weighted by atomic mass is 10.4. The second-order valence-electron chi connectivity index (χ2n) is 1.50. The van der Waals surface area contributed by atoms with Gasteiger partial charge in [0.2, 0.25) is 0 Å². The van der Waals surface area contributed by atoms with Crippen molar-refractivity contribution in [1.29, 1.82) is 0 Å². The van der Waals surface area contributed by atoms with Gasteiger partial charge in [0, 0.05) is 0 Å². The van der Waals surface area contributed by atoms with Crippen LogP contribution >= 0.6 is 0 Å². The number of allylic oxidation sites excluding steroid dienone is 1. The summed E-state index contributed by atoms with van der Waals surface area (Å²) < 4.78 is 0. The predicted molar refractivity (Wildman–Crippen MR) is 28.8 cm³/mol. The van der Waals surface area contributed by atoms with E-state index in [9.17, 15) is 0 Å². The Hall–Kier alpha value is -0.380. The Balaban J connectivity index is 3.52. The molecule has 0 atom stereocenters. The van der Waals surface area contributed by atoms with E-state index in [2.05, 4.69) is 0 Å². The second-order valence-corrected chi connectivity index (χ2v) is 1.50. The van der Waals surface area contributed by atoms with E-state index in [-0.39, 0.29) is 0 Å². The van der Waals surface area contributed by atoms with E-state index >= 15 is 0 Å². The maximum atomic E-state index is 8.17. The average molecular weight is 118 g/mol. The van der Waals surface area contributed by atoms with Crippen molar-refractivity contribution in [2.45, 2.75) is 19.3 Å². The number of hydrogen-bond acceptors (Lipinski definition) is 3. The molecule has 0 aromatic heterocycles. The Labute approximate surface area is 47.9 Å². The van der Waals surface area contributed by atoms with Crippen LogP contribution in [0.25, 0.3) is 0 Å². The molecule has 0 aromatic carbocycles. The maximum absolute atomic E-state index is 8.17. The topological polar surface area (TPSA) is 60.7 Å². The van der Waals surface area contributed by atoms with Crippen molar-refractivity contribution in [2.24, 2.45) is 0 Å². The highest BCUT2D eigenvalue weighted by molar-refractivity contribution is 4.85. The van der Waals surface area contributed by atoms with Crippen LogP contribution in [0.15, 0.2) is 12.2 Å². The normalized spacial score (nSPS) is 13.0. The third kappa shape index (κ3) is 5.62. The molecule has 0 heterocycles. The van der Waals surface area contributed by atoms with E-state index in [1.54, 1.807) is 0 Å². The van der Waals surface area contributed by atoms with Crippen molar-refractivity contribution < 1.29 is 15.3 Å². The molecule has 0 aliphatic carbocycles. The van der Waals surface area contributed by atoms with Gasteiger partial charge in [0.15, 0.2) is 0 Å². The largest absolute Gasteiger partial charge is 0.340 e. The van der Waals surface area contributed by atoms with Crippen molar-refractivity contribution in [1.82, 2.24) is 0 Å². The Bertz CT molecular complexity index is 80.2. The molecule has 0 unspecified atom stereocenters. The van der Waals surface area contributed by atoms with Crippen molar-refractivity contribution in [3.8, 4) is 0 Å². The lowest BCUT2D eigenvalue weighted by molar-refractivity contribution is -0.273. The molecule has 0 bridgehead atoms. The van der Waals surface area contributed by atoms with Crippen LogP contribution in [0.3, 0.4) is 0 Å². The van der Waals surface area contributed by atoms with Gasteiger partial charge in [-0.1, -0.05) is 13.0 Å². The van der Waals surface area contributed by atoms with E-state index in [0.29, 0.717) is 6.42 Å². The molecule has 0 saturated heterocycles. The van der Waals surface area contributed by atoms with Crippen molar-refractivity contribution in [3.05, 3.63) is 12.2 Å². The third-order valence-electron chi connectivity index (χ3n) is 0.577. The molecule has 0 radical (unpaired) electrons. The Kier molecular flexibility index (Phi) is 2.68. The summed E-state index contributed by atoms with van der Waals surface area (Å²) >= 11 is 0. The first-order valence-electron chi connectivity index (χ1n) is 2.41. The highest BCUT2D eigenvalue weighted by atomic mass is 16.7. The molecule has 0 aromatic rings. The molecular weight excluding hydrogens is 108 g/mol. The molecule has 3 heteroatoms. The third-order valence-corrected chi connectivity index (χ3v) is 0.577. The van der Waals surface area contributed by atoms with Crippen LogP contribution in [0.2, 0.25) is 0 Å². The van der Waals surface area contributed by atoms with Gasteiger partial charge in [-0.2, -0.15) is 0 Å². The molecule has 0 rings (SSSR count). The Morgan fingerprint density at radius 2 is 1.88 bits per heavy atom. The van der Waals surface area contributed by atoms with Crippen LogP contribution in [0.5, 0.6) is 0 Å². The van der Waals surface area contributed by atoms with Crippen LogP contribution < -0.4 is 0 Å². The van der Waals surface area contributed by atoms with Crippen LogP contribution in [-0.2, 0) is 0 Å². The van der Waals surface area contributed by atoms with Crippen molar-refractivity contribution in [2.75, 3.05) is 0 Å². The number of aliphatic hydroxyl groups is 3. The van der Waals surface area contributed by atoms with Gasteiger partial charge in [-0.05, 0) is 12.5 Å². The summed E-state index contributed by atoms with van der Waals surface area (Å²) in [6, 6.07) is 0. The van der Waals surface area contributed by atoms with Crippen LogP contribution in [0, 0.1) is 0 Å². The number of hydrogen-bond donors (Lipinski definition) is 3. The van der Waals surface area contributed by atoms with Gasteiger partial charge in [-0.3, -0.25) is 0 Å². The Morgan fingerprint density at radius 3 is 2.00 bits per heavy atom. The minimum absolute atomic E-state index is 0.670. The summed E-state index contributed by atoms with van der Waals surface area (Å²) in [5.41, 5.74) is 0. The summed E-state index contributed by atoms with van der Waals surface area (Å²) in [6.45, 7) is 1.82. The highest BCUT2D eigenvalue weighted by Crippen LogP contribution is 1.94. The molecule has 0 fully saturated rings. The fraction of sp³-hybridized carbons (Fsp3) is 0.600. The van der Waals surface area contributed by atoms with Gasteiger partial charge >= 0.3 is 0 Å². The van der Waals surface area contributed by atoms with E-state index in [4.69, 9.17) is 15.3 Å². The smallest absolute Gasteiger partial charge is 0.297 e. The first-order valence-corrected chi connectivity index (χ1v) is 2.41. The molecule has 0 amide bonds. The van der Waals surface area contributed by atoms with E-state index in [1.807, 2.05) is 6.92 Å². The molecule has 0 saturated carbocycles. The second kappa shape index (κ2) is 2.81. The van der Waals surface area contributed by atoms with E-state index < -0.39 is 5.97 Å². The van der Waals surface area contributed by atoms with Gasteiger partial charge < -0.3 is 15.3 Å². The molecule has 0 aliphatic rings. The molecule has 0 spiro atoms. The highest BCUT2D eigenvalue weighted by Gasteiger charge is 2.10. The van der Waals surface area contributed by atoms with Crippen molar-refractivity contribution >= 4 is 0 Å². The summed E-state index contributed by atoms with van der Waals surface area (Å²) in [7, 11) is 0. The Morgan fingerprint density at radius 1 is 1.38 bits per heavy atom. The SMILES string of the molecule is CCC=CC(O)(O)O. The maximum Gasteiger partial charge on any atom is 0.297 e. The zero-order valence-electron chi connectivity index (χ0n) is 4.70. The summed E-state index contributed by atoms with van der Waals surface area (Å²) in [5, 5.41) is 24.5. The van der Waals surface area contributed by atoms with Gasteiger partial charge in [-0.15, -0.1) is 0 Å². The zero-order valence-corrected chi connectivity index (χ0v) is 4.70. The summed E-state index contributed by atoms with van der Waals surface area (Å²) in [5.74, 6) is -2.63. The molecule has 3 N–H and O–H groups in total. The van der Waals surface area contributed by atoms with Gasteiger partial charge in [0.05, 0.1) is 0 Å². The van der Waals surface area contributed by atoms with Gasteiger partial charge in [0.25, 0.3) is 5.97 Å². The fourth-order valence-electron chi connectivity index (χ4n) is 0.276. The average Bonchev–Trinajstić information content (AvgIpc) is 1.59. The van der Waals surface area contributed by atoms with E-state index in [0.717, 1.165) is 6.08 Å². The van der Waals surface area contributed by atoms with Crippen molar-refractivity contribution in [3.63, 3.8) is 0 Å². The lowest BCUT2D eigenvalue weighted by Crippen LogP contribution is -2.23. The van der Waals surface area contributed by atoms with Crippen LogP contribution in [-0.4, -0.2) is 21.3 Å². The predicted octanol–water partition coefficient (Wildman–Crippen LogP) is -0.417. The van der Waals surface area contributed by atoms with Crippen LogP contribution in [0.4, 0.5) is 0 Å². The minimum Gasteiger partial charge on any atom is -0.340 e. The summed E-state index contributed by atoms with van der Waals surface area (Å²) in [6.07, 6.45) is 3.04. The van der Waals surface area contributed by atoms with Gasteiger partial charge in [0.1, 0.15) is 0 Å². The molecule has 3 nitrogen and oxygen atoms in total. The molecule has 8 heavy (non-hydrogen) atoms. The molecular formula is C5H10O3.